The molecule has 1 aliphatic rings. The molecule has 0 aromatic heterocycles. The molecule has 1 heterocycles. The van der Waals surface area contributed by atoms with Crippen molar-refractivity contribution in [2.24, 2.45) is 33.2 Å². The Morgan fingerprint density at radius 3 is 1.28 bits per heavy atom. The van der Waals surface area contributed by atoms with E-state index in [1.165, 1.54) is 61.7 Å². The molecule has 0 radical (unpaired) electrons. The van der Waals surface area contributed by atoms with Crippen molar-refractivity contribution >= 4 is 92.9 Å². The monoisotopic (exact) mass is 1390 g/mol. The van der Waals surface area contributed by atoms with Crippen LogP contribution in [0.5, 0.6) is 17.2 Å². The molecule has 7 N–H and O–H groups in total. The molecule has 0 bridgehead atoms. The van der Waals surface area contributed by atoms with Crippen molar-refractivity contribution in [3.63, 3.8) is 0 Å². The summed E-state index contributed by atoms with van der Waals surface area (Å²) in [7, 11) is -11.8. The maximum atomic E-state index is 12.5. The molecule has 0 saturated carbocycles. The number of ether oxygens (including phenoxy) is 4. The number of benzene rings is 6. The minimum Gasteiger partial charge on any atom is -0.494 e. The van der Waals surface area contributed by atoms with Crippen LogP contribution in [-0.2, 0) is 34.8 Å². The fourth-order valence-corrected chi connectivity index (χ4v) is 10.2. The van der Waals surface area contributed by atoms with Crippen molar-refractivity contribution in [3.05, 3.63) is 182 Å². The number of aliphatic hydroxyl groups is 1. The first-order valence-corrected chi connectivity index (χ1v) is 33.8. The molecule has 16 nitrogen and oxygen atoms in total. The predicted octanol–water partition coefficient (Wildman–Crippen LogP) is 12.5. The number of hydrogen-bond acceptors (Lipinski definition) is 13. The number of ketones is 1. The van der Waals surface area contributed by atoms with Crippen LogP contribution in [0.2, 0.25) is 15.1 Å². The number of halogens is 4. The van der Waals surface area contributed by atoms with Crippen LogP contribution >= 0.6 is 50.7 Å². The van der Waals surface area contributed by atoms with Crippen molar-refractivity contribution in [3.8, 4) is 17.2 Å². The van der Waals surface area contributed by atoms with Gasteiger partial charge in [0.15, 0.2) is 5.78 Å². The predicted molar refractivity (Wildman–Crippen MR) is 357 cm³/mol. The van der Waals surface area contributed by atoms with Crippen molar-refractivity contribution in [2.45, 2.75) is 129 Å². The topological polar surface area (TPSA) is 272 Å². The minimum absolute atomic E-state index is 0. The summed E-state index contributed by atoms with van der Waals surface area (Å²) in [4.78, 5) is 22.1. The molecule has 1 aliphatic heterocycles. The van der Waals surface area contributed by atoms with Crippen LogP contribution in [0.25, 0.3) is 0 Å². The van der Waals surface area contributed by atoms with Gasteiger partial charge in [0.2, 0.25) is 30.1 Å². The third-order valence-corrected chi connectivity index (χ3v) is 16.4. The van der Waals surface area contributed by atoms with E-state index in [-0.39, 0.29) is 80.4 Å². The van der Waals surface area contributed by atoms with Gasteiger partial charge in [0.1, 0.15) is 44.3 Å². The Labute approximate surface area is 560 Å². The van der Waals surface area contributed by atoms with Gasteiger partial charge in [0, 0.05) is 34.4 Å². The van der Waals surface area contributed by atoms with Gasteiger partial charge in [-0.3, -0.25) is 9.59 Å². The summed E-state index contributed by atoms with van der Waals surface area (Å²) in [5.74, 6) is 3.85. The van der Waals surface area contributed by atoms with E-state index in [1.54, 1.807) is 54.6 Å². The first-order valence-electron chi connectivity index (χ1n) is 27.3. The van der Waals surface area contributed by atoms with Crippen LogP contribution in [0.3, 0.4) is 0 Å². The number of unbranched alkanes of at least 4 members (excludes halogenated alkanes) is 1. The molecule has 1 atom stereocenters. The van der Waals surface area contributed by atoms with Gasteiger partial charge in [0.05, 0.1) is 34.9 Å². The smallest absolute Gasteiger partial charge is 0.494 e. The van der Waals surface area contributed by atoms with E-state index >= 15 is 0 Å². The second-order valence-corrected chi connectivity index (χ2v) is 27.0. The average Bonchev–Trinajstić information content (AvgIpc) is 4.13. The van der Waals surface area contributed by atoms with Crippen LogP contribution in [-0.4, -0.2) is 75.5 Å². The van der Waals surface area contributed by atoms with E-state index in [0.717, 1.165) is 67.5 Å². The maximum absolute atomic E-state index is 12.5. The molecule has 24 heteroatoms. The summed E-state index contributed by atoms with van der Waals surface area (Å²) in [6.07, 6.45) is 7.37. The second kappa shape index (κ2) is 44.2. The van der Waals surface area contributed by atoms with E-state index in [9.17, 15) is 39.9 Å². The molecule has 1 saturated heterocycles. The number of aldehydes is 1. The average molecular weight is 1400 g/mol. The van der Waals surface area contributed by atoms with Gasteiger partial charge < -0.3 is 31.0 Å². The Morgan fingerprint density at radius 1 is 0.580 bits per heavy atom. The summed E-state index contributed by atoms with van der Waals surface area (Å²) in [5.41, 5.74) is 1.83. The third-order valence-electron chi connectivity index (χ3n) is 11.7. The van der Waals surface area contributed by atoms with Crippen LogP contribution in [0, 0.1) is 24.7 Å². The van der Waals surface area contributed by atoms with Crippen LogP contribution in [0.1, 0.15) is 152 Å². The van der Waals surface area contributed by atoms with Gasteiger partial charge >= 0.3 is 18.9 Å². The fourth-order valence-electron chi connectivity index (χ4n) is 6.67. The first kappa shape index (κ1) is 85.7. The van der Waals surface area contributed by atoms with Crippen LogP contribution < -0.4 is 48.5 Å². The summed E-state index contributed by atoms with van der Waals surface area (Å²) in [6, 6.07) is 33.8. The Bertz CT molecular complexity index is 3320. The molecule has 6 aromatic rings. The normalized spacial score (nSPS) is 11.9. The first-order chi connectivity index (χ1) is 39.9. The van der Waals surface area contributed by atoms with E-state index in [4.69, 9.17) is 69.2 Å². The van der Waals surface area contributed by atoms with Crippen molar-refractivity contribution in [1.82, 2.24) is 0 Å². The van der Waals surface area contributed by atoms with E-state index in [0.29, 0.717) is 59.7 Å². The molecule has 1 fully saturated rings. The van der Waals surface area contributed by atoms with Crippen LogP contribution in [0.4, 0.5) is 0 Å². The molecule has 88 heavy (non-hydrogen) atoms. The standard InChI is InChI=1S/C18H22ClNO4S.C18H20ClNO4S.C11H15BrO.C7H6ClNO3S.C4H8O.C4H9.2CH4.Li/c2*1-12(2)9-10-24-15-6-3-13(4-7-15)18(21)14-5-8-16(19)17(11-14)25(20,22)23;1-9(2)7-8-13-11-5-3-10(12)4-6-11;8-6-2-1-5(4-10)3-7(6)13(9,11)12;1-2-4-5-3-1;1-3-4-2;;;/h3-8,11-12,18,21H,9-10H2,1-2H3,(H2,20,22,23);3-8,11-12H,9-10H2,1-2H3,(H2,20,22,23);3-6,9H,7-8H2,1-2H3;1-4H,(H2,9,11,12);1-4H2;1,3-4H2,2H3;2*1H4;/q;;;;;-1;;;+1. The number of nitrogens with two attached hydrogens (primary N) is 3. The van der Waals surface area contributed by atoms with Crippen molar-refractivity contribution in [2.75, 3.05) is 33.0 Å². The van der Waals surface area contributed by atoms with E-state index < -0.39 is 36.2 Å². The van der Waals surface area contributed by atoms with Gasteiger partial charge in [-0.1, -0.05) is 145 Å². The summed E-state index contributed by atoms with van der Waals surface area (Å²) in [6.45, 7) is 22.7. The minimum atomic E-state index is -4.00. The molecule has 0 aliphatic carbocycles. The van der Waals surface area contributed by atoms with E-state index in [2.05, 4.69) is 71.3 Å². The quantitative estimate of drug-likeness (QED) is 0.0226. The molecule has 6 aromatic carbocycles. The maximum Gasteiger partial charge on any atom is 1.00 e. The van der Waals surface area contributed by atoms with E-state index in [1.807, 2.05) is 24.3 Å². The Morgan fingerprint density at radius 2 is 0.920 bits per heavy atom. The Balaban J connectivity index is 0. The summed E-state index contributed by atoms with van der Waals surface area (Å²) >= 11 is 20.6. The molecule has 7 rings (SSSR count). The van der Waals surface area contributed by atoms with Gasteiger partial charge in [-0.05, 0) is 164 Å². The Kier molecular flexibility index (Phi) is 43.1. The molecule has 484 valence electrons. The molecular formula is C64H88BrCl3LiN3O13S3. The number of primary sulfonamides is 3. The molecular weight excluding hydrogens is 1310 g/mol. The number of aliphatic hydroxyl groups excluding tert-OH is 1. The van der Waals surface area contributed by atoms with Crippen LogP contribution in [0.15, 0.2) is 147 Å². The summed E-state index contributed by atoms with van der Waals surface area (Å²) < 4.78 is 90.8. The van der Waals surface area contributed by atoms with Gasteiger partial charge in [0.25, 0.3) is 0 Å². The number of hydrogen-bond donors (Lipinski definition) is 4. The van der Waals surface area contributed by atoms with Gasteiger partial charge in [-0.15, -0.1) is 0 Å². The Hall–Kier alpha value is -4.34. The van der Waals surface area contributed by atoms with Crippen molar-refractivity contribution < 1.29 is 77.8 Å². The SMILES string of the molecule is C.C.C1CCOC1.CC(C)CCOc1ccc(Br)cc1.CC(C)CCOc1ccc(C(=O)c2ccc(Cl)c(S(N)(=O)=O)c2)cc1.CC(C)CCOc1ccc(C(O)c2ccc(Cl)c(S(N)(=O)=O)c2)cc1.NS(=O)(=O)c1cc(C=O)ccc1Cl.[CH2-]CCC.[Li+]. The molecule has 1 unspecified atom stereocenters. The van der Waals surface area contributed by atoms with Gasteiger partial charge in [-0.25, -0.2) is 40.7 Å². The van der Waals surface area contributed by atoms with Gasteiger partial charge in [-0.2, -0.15) is 6.42 Å². The fraction of sp³-hybridized carbons (Fsp3) is 0.391. The number of sulfonamides is 3. The molecule has 0 spiro atoms. The number of rotatable bonds is 21. The molecule has 0 amide bonds. The largest absolute Gasteiger partial charge is 1.00 e. The number of carbonyl (C=O) groups excluding carboxylic acids is 2. The zero-order valence-electron chi connectivity index (χ0n) is 50.0. The zero-order chi connectivity index (χ0) is 63.9. The zero-order valence-corrected chi connectivity index (χ0v) is 56.3. The van der Waals surface area contributed by atoms with Crippen molar-refractivity contribution in [1.29, 1.82) is 0 Å². The third kappa shape index (κ3) is 34.2. The number of carbonyl (C=O) groups is 2. The second-order valence-electron chi connectivity index (χ2n) is 20.3. The summed E-state index contributed by atoms with van der Waals surface area (Å²) in [5, 5.41) is 25.6.